The van der Waals surface area contributed by atoms with Gasteiger partial charge < -0.3 is 20.1 Å². The van der Waals surface area contributed by atoms with Crippen molar-refractivity contribution in [1.29, 1.82) is 0 Å². The number of benzene rings is 1. The summed E-state index contributed by atoms with van der Waals surface area (Å²) in [5.41, 5.74) is -1.46. The zero-order valence-corrected chi connectivity index (χ0v) is 16.9. The molecule has 1 fully saturated rings. The van der Waals surface area contributed by atoms with Crippen LogP contribution in [0.25, 0.3) is 0 Å². The normalized spacial score (nSPS) is 14.9. The molecule has 2 aromatic rings. The molecule has 31 heavy (non-hydrogen) atoms. The molecular formula is C21H23F3N4O3. The quantitative estimate of drug-likeness (QED) is 0.773. The number of likely N-dealkylation sites (tertiary alicyclic amines) is 1. The fourth-order valence-corrected chi connectivity index (χ4v) is 3.51. The van der Waals surface area contributed by atoms with Crippen molar-refractivity contribution in [2.45, 2.75) is 19.0 Å². The Bertz CT molecular complexity index is 1010. The van der Waals surface area contributed by atoms with E-state index in [9.17, 15) is 27.6 Å². The first-order valence-electron chi connectivity index (χ1n) is 9.83. The highest BCUT2D eigenvalue weighted by molar-refractivity contribution is 5.94. The van der Waals surface area contributed by atoms with Gasteiger partial charge in [-0.2, -0.15) is 13.2 Å². The molecule has 7 nitrogen and oxygen atoms in total. The number of aryl methyl sites for hydroxylation is 1. The molecule has 3 rings (SSSR count). The maximum Gasteiger partial charge on any atom is 0.418 e. The van der Waals surface area contributed by atoms with Crippen LogP contribution in [0.4, 0.5) is 23.7 Å². The van der Waals surface area contributed by atoms with Crippen molar-refractivity contribution >= 4 is 17.6 Å². The molecule has 1 aliphatic rings. The third kappa shape index (κ3) is 5.44. The number of pyridine rings is 1. The van der Waals surface area contributed by atoms with E-state index in [0.29, 0.717) is 25.9 Å². The molecule has 0 spiro atoms. The lowest BCUT2D eigenvalue weighted by Gasteiger charge is -2.32. The van der Waals surface area contributed by atoms with Gasteiger partial charge in [0.05, 0.1) is 11.3 Å². The number of nitrogens with one attached hydrogen (secondary N) is 2. The van der Waals surface area contributed by atoms with Crippen LogP contribution >= 0.6 is 0 Å². The van der Waals surface area contributed by atoms with Crippen LogP contribution in [-0.4, -0.2) is 41.0 Å². The predicted molar refractivity (Wildman–Crippen MR) is 109 cm³/mol. The molecule has 0 aliphatic carbocycles. The summed E-state index contributed by atoms with van der Waals surface area (Å²) in [6, 6.07) is 7.19. The fourth-order valence-electron chi connectivity index (χ4n) is 3.51. The number of piperidine rings is 1. The molecule has 1 aliphatic heterocycles. The highest BCUT2D eigenvalue weighted by Crippen LogP contribution is 2.34. The molecule has 1 aromatic heterocycles. The van der Waals surface area contributed by atoms with Crippen LogP contribution < -0.4 is 16.2 Å². The third-order valence-corrected chi connectivity index (χ3v) is 5.29. The van der Waals surface area contributed by atoms with Crippen molar-refractivity contribution in [2.24, 2.45) is 13.0 Å². The number of aromatic nitrogens is 1. The highest BCUT2D eigenvalue weighted by atomic mass is 19.4. The van der Waals surface area contributed by atoms with Crippen LogP contribution in [-0.2, 0) is 13.2 Å². The van der Waals surface area contributed by atoms with Gasteiger partial charge in [0.2, 0.25) is 0 Å². The number of carbonyl (C=O) groups excluding carboxylic acids is 2. The number of nitrogens with zero attached hydrogens (tertiary/aromatic N) is 2. The van der Waals surface area contributed by atoms with Crippen molar-refractivity contribution < 1.29 is 22.8 Å². The summed E-state index contributed by atoms with van der Waals surface area (Å²) in [4.78, 5) is 38.4. The molecule has 2 heterocycles. The first kappa shape index (κ1) is 22.4. The molecule has 2 N–H and O–H groups in total. The van der Waals surface area contributed by atoms with Gasteiger partial charge >= 0.3 is 12.2 Å². The van der Waals surface area contributed by atoms with Crippen molar-refractivity contribution in [3.63, 3.8) is 0 Å². The molecule has 1 aromatic carbocycles. The molecular weight excluding hydrogens is 413 g/mol. The summed E-state index contributed by atoms with van der Waals surface area (Å²) in [6.45, 7) is 1.14. The van der Waals surface area contributed by atoms with Crippen LogP contribution in [0.15, 0.2) is 47.4 Å². The topological polar surface area (TPSA) is 83.4 Å². The summed E-state index contributed by atoms with van der Waals surface area (Å²) < 4.78 is 40.4. The van der Waals surface area contributed by atoms with Crippen molar-refractivity contribution in [2.75, 3.05) is 25.0 Å². The van der Waals surface area contributed by atoms with Gasteiger partial charge in [-0.05, 0) is 43.0 Å². The van der Waals surface area contributed by atoms with E-state index in [1.54, 1.807) is 24.2 Å². The van der Waals surface area contributed by atoms with E-state index in [0.717, 1.165) is 6.07 Å². The van der Waals surface area contributed by atoms with Crippen LogP contribution in [0.5, 0.6) is 0 Å². The number of anilines is 1. The minimum absolute atomic E-state index is 0.0752. The van der Waals surface area contributed by atoms with E-state index in [2.05, 4.69) is 10.6 Å². The second-order valence-electron chi connectivity index (χ2n) is 7.45. The van der Waals surface area contributed by atoms with Gasteiger partial charge in [0.1, 0.15) is 5.56 Å². The molecule has 0 bridgehead atoms. The Morgan fingerprint density at radius 2 is 1.77 bits per heavy atom. The summed E-state index contributed by atoms with van der Waals surface area (Å²) >= 11 is 0. The predicted octanol–water partition coefficient (Wildman–Crippen LogP) is 3.08. The van der Waals surface area contributed by atoms with Gasteiger partial charge in [0.25, 0.3) is 11.5 Å². The number of urea groups is 1. The fraction of sp³-hybridized carbons (Fsp3) is 0.381. The highest BCUT2D eigenvalue weighted by Gasteiger charge is 2.33. The maximum atomic E-state index is 13.0. The Hall–Kier alpha value is -3.30. The standard InChI is InChI=1S/C21H23F3N4O3/c1-27-10-4-5-15(18(27)29)19(30)28-11-8-14(9-12-28)13-25-20(31)26-17-7-3-2-6-16(17)21(22,23)24/h2-7,10,14H,8-9,11-13H2,1H3,(H2,25,26,31). The van der Waals surface area contributed by atoms with Crippen LogP contribution in [0.1, 0.15) is 28.8 Å². The summed E-state index contributed by atoms with van der Waals surface area (Å²) in [7, 11) is 1.58. The van der Waals surface area contributed by atoms with Gasteiger partial charge in [-0.15, -0.1) is 0 Å². The summed E-state index contributed by atoms with van der Waals surface area (Å²) in [6.07, 6.45) is -1.77. The van der Waals surface area contributed by atoms with Crippen LogP contribution in [0, 0.1) is 5.92 Å². The number of amides is 3. The zero-order chi connectivity index (χ0) is 22.6. The molecule has 166 valence electrons. The lowest BCUT2D eigenvalue weighted by Crippen LogP contribution is -2.43. The van der Waals surface area contributed by atoms with Crippen molar-refractivity contribution in [3.8, 4) is 0 Å². The first-order chi connectivity index (χ1) is 14.7. The van der Waals surface area contributed by atoms with E-state index in [4.69, 9.17) is 0 Å². The average molecular weight is 436 g/mol. The first-order valence-corrected chi connectivity index (χ1v) is 9.83. The molecule has 0 atom stereocenters. The molecule has 1 saturated heterocycles. The molecule has 0 radical (unpaired) electrons. The van der Waals surface area contributed by atoms with E-state index >= 15 is 0 Å². The molecule has 0 saturated carbocycles. The van der Waals surface area contributed by atoms with Gasteiger partial charge in [0, 0.05) is 32.9 Å². The van der Waals surface area contributed by atoms with E-state index in [-0.39, 0.29) is 35.2 Å². The van der Waals surface area contributed by atoms with E-state index in [1.165, 1.54) is 28.8 Å². The minimum Gasteiger partial charge on any atom is -0.338 e. The van der Waals surface area contributed by atoms with Crippen molar-refractivity contribution in [1.82, 2.24) is 14.8 Å². The van der Waals surface area contributed by atoms with E-state index < -0.39 is 17.8 Å². The second-order valence-corrected chi connectivity index (χ2v) is 7.45. The SMILES string of the molecule is Cn1cccc(C(=O)N2CCC(CNC(=O)Nc3ccccc3C(F)(F)F)CC2)c1=O. The third-order valence-electron chi connectivity index (χ3n) is 5.29. The number of para-hydroxylation sites is 1. The smallest absolute Gasteiger partial charge is 0.338 e. The van der Waals surface area contributed by atoms with Crippen LogP contribution in [0.3, 0.4) is 0 Å². The number of hydrogen-bond acceptors (Lipinski definition) is 3. The van der Waals surface area contributed by atoms with Gasteiger partial charge in [-0.25, -0.2) is 4.79 Å². The average Bonchev–Trinajstić information content (AvgIpc) is 2.74. The number of halogens is 3. The number of rotatable bonds is 4. The number of hydrogen-bond donors (Lipinski definition) is 2. The Morgan fingerprint density at radius 1 is 1.10 bits per heavy atom. The number of alkyl halides is 3. The number of carbonyl (C=O) groups is 2. The molecule has 10 heteroatoms. The lowest BCUT2D eigenvalue weighted by atomic mass is 9.96. The lowest BCUT2D eigenvalue weighted by molar-refractivity contribution is -0.136. The Labute approximate surface area is 176 Å². The minimum atomic E-state index is -4.57. The summed E-state index contributed by atoms with van der Waals surface area (Å²) in [5.74, 6) is -0.250. The van der Waals surface area contributed by atoms with Gasteiger partial charge in [-0.1, -0.05) is 12.1 Å². The van der Waals surface area contributed by atoms with Crippen molar-refractivity contribution in [3.05, 3.63) is 64.1 Å². The van der Waals surface area contributed by atoms with Crippen LogP contribution in [0.2, 0.25) is 0 Å². The Balaban J connectivity index is 1.50. The summed E-state index contributed by atoms with van der Waals surface area (Å²) in [5, 5.41) is 4.84. The van der Waals surface area contributed by atoms with E-state index in [1.807, 2.05) is 0 Å². The molecule has 0 unspecified atom stereocenters. The maximum absolute atomic E-state index is 13.0. The second kappa shape index (κ2) is 9.23. The zero-order valence-electron chi connectivity index (χ0n) is 16.9. The Morgan fingerprint density at radius 3 is 2.45 bits per heavy atom. The monoisotopic (exact) mass is 436 g/mol. The Kier molecular flexibility index (Phi) is 6.67. The molecule has 3 amide bonds. The van der Waals surface area contributed by atoms with Gasteiger partial charge in [0.15, 0.2) is 0 Å². The largest absolute Gasteiger partial charge is 0.418 e. The van der Waals surface area contributed by atoms with Gasteiger partial charge in [-0.3, -0.25) is 9.59 Å².